The molecule has 22 heavy (non-hydrogen) atoms. The zero-order chi connectivity index (χ0) is 14.5. The fourth-order valence-electron chi connectivity index (χ4n) is 3.98. The van der Waals surface area contributed by atoms with E-state index in [1.807, 2.05) is 6.07 Å². The minimum Gasteiger partial charge on any atom is -0.454 e. The van der Waals surface area contributed by atoms with Gasteiger partial charge in [-0.1, -0.05) is 36.4 Å². The van der Waals surface area contributed by atoms with Gasteiger partial charge in [0.1, 0.15) is 0 Å². The van der Waals surface area contributed by atoms with Crippen molar-refractivity contribution in [3.63, 3.8) is 0 Å². The number of fused-ring (bicyclic) bond motifs is 4. The van der Waals surface area contributed by atoms with Crippen molar-refractivity contribution in [3.8, 4) is 11.5 Å². The van der Waals surface area contributed by atoms with Gasteiger partial charge in [0.05, 0.1) is 6.04 Å². The summed E-state index contributed by atoms with van der Waals surface area (Å²) in [6.45, 7) is 0.327. The lowest BCUT2D eigenvalue weighted by Gasteiger charge is -2.37. The van der Waals surface area contributed by atoms with Gasteiger partial charge >= 0.3 is 0 Å². The monoisotopic (exact) mass is 291 g/mol. The molecular formula is C19H17NO2. The maximum atomic E-state index is 5.55. The van der Waals surface area contributed by atoms with Crippen LogP contribution in [0.25, 0.3) is 0 Å². The van der Waals surface area contributed by atoms with Crippen LogP contribution in [0.4, 0.5) is 5.69 Å². The Hall–Kier alpha value is -2.42. The third kappa shape index (κ3) is 1.68. The molecule has 0 bridgehead atoms. The second kappa shape index (κ2) is 4.54. The summed E-state index contributed by atoms with van der Waals surface area (Å²) in [5.74, 6) is 2.78. The van der Waals surface area contributed by atoms with Crippen LogP contribution in [0.5, 0.6) is 11.5 Å². The number of anilines is 1. The molecule has 3 atom stereocenters. The van der Waals surface area contributed by atoms with E-state index in [1.54, 1.807) is 0 Å². The maximum absolute atomic E-state index is 5.55. The molecule has 2 aromatic rings. The van der Waals surface area contributed by atoms with Crippen molar-refractivity contribution in [2.45, 2.75) is 18.4 Å². The van der Waals surface area contributed by atoms with Gasteiger partial charge in [-0.25, -0.2) is 0 Å². The van der Waals surface area contributed by atoms with E-state index >= 15 is 0 Å². The topological polar surface area (TPSA) is 30.5 Å². The molecule has 0 saturated carbocycles. The smallest absolute Gasteiger partial charge is 0.231 e. The van der Waals surface area contributed by atoms with Crippen LogP contribution in [-0.4, -0.2) is 6.79 Å². The summed E-state index contributed by atoms with van der Waals surface area (Å²) < 4.78 is 11.0. The number of hydrogen-bond donors (Lipinski definition) is 1. The largest absolute Gasteiger partial charge is 0.454 e. The van der Waals surface area contributed by atoms with Gasteiger partial charge in [-0.2, -0.15) is 0 Å². The maximum Gasteiger partial charge on any atom is 0.231 e. The van der Waals surface area contributed by atoms with E-state index in [0.29, 0.717) is 24.7 Å². The molecule has 110 valence electrons. The van der Waals surface area contributed by atoms with Gasteiger partial charge in [0.15, 0.2) is 11.5 Å². The highest BCUT2D eigenvalue weighted by Crippen LogP contribution is 2.50. The first-order chi connectivity index (χ1) is 10.9. The van der Waals surface area contributed by atoms with Crippen molar-refractivity contribution in [2.75, 3.05) is 12.1 Å². The summed E-state index contributed by atoms with van der Waals surface area (Å²) >= 11 is 0. The number of hydrogen-bond acceptors (Lipinski definition) is 3. The Kier molecular flexibility index (Phi) is 2.51. The van der Waals surface area contributed by atoms with Crippen molar-refractivity contribution in [1.29, 1.82) is 0 Å². The van der Waals surface area contributed by atoms with Gasteiger partial charge in [-0.15, -0.1) is 0 Å². The van der Waals surface area contributed by atoms with Gasteiger partial charge in [0, 0.05) is 11.6 Å². The highest BCUT2D eigenvalue weighted by Gasteiger charge is 2.38. The molecule has 1 aliphatic carbocycles. The summed E-state index contributed by atoms with van der Waals surface area (Å²) in [6, 6.07) is 15.3. The van der Waals surface area contributed by atoms with Crippen molar-refractivity contribution >= 4 is 5.69 Å². The second-order valence-electron chi connectivity index (χ2n) is 6.18. The Bertz CT molecular complexity index is 768. The normalized spacial score (nSPS) is 27.2. The Morgan fingerprint density at radius 2 is 1.91 bits per heavy atom. The first-order valence-electron chi connectivity index (χ1n) is 7.82. The van der Waals surface area contributed by atoms with E-state index in [4.69, 9.17) is 9.47 Å². The molecule has 0 fully saturated rings. The van der Waals surface area contributed by atoms with E-state index in [2.05, 4.69) is 53.9 Å². The van der Waals surface area contributed by atoms with Crippen molar-refractivity contribution in [2.24, 2.45) is 5.92 Å². The average Bonchev–Trinajstić information content (AvgIpc) is 3.22. The van der Waals surface area contributed by atoms with Gasteiger partial charge in [0.25, 0.3) is 0 Å². The summed E-state index contributed by atoms with van der Waals surface area (Å²) in [7, 11) is 0. The summed E-state index contributed by atoms with van der Waals surface area (Å²) in [4.78, 5) is 0. The van der Waals surface area contributed by atoms with Gasteiger partial charge < -0.3 is 14.8 Å². The molecule has 2 heterocycles. The Morgan fingerprint density at radius 1 is 1.00 bits per heavy atom. The lowest BCUT2D eigenvalue weighted by atomic mass is 9.77. The highest BCUT2D eigenvalue weighted by atomic mass is 16.7. The highest BCUT2D eigenvalue weighted by molar-refractivity contribution is 5.60. The molecular weight excluding hydrogens is 274 g/mol. The van der Waals surface area contributed by atoms with Crippen LogP contribution < -0.4 is 14.8 Å². The fraction of sp³-hybridized carbons (Fsp3) is 0.263. The van der Waals surface area contributed by atoms with Gasteiger partial charge in [-0.3, -0.25) is 0 Å². The van der Waals surface area contributed by atoms with Crippen LogP contribution in [0.2, 0.25) is 0 Å². The molecule has 3 aliphatic rings. The first-order valence-corrected chi connectivity index (χ1v) is 7.82. The molecule has 2 aliphatic heterocycles. The number of rotatable bonds is 1. The van der Waals surface area contributed by atoms with Gasteiger partial charge in [-0.05, 0) is 41.7 Å². The minimum absolute atomic E-state index is 0.310. The molecule has 0 amide bonds. The molecule has 0 aromatic heterocycles. The molecule has 3 nitrogen and oxygen atoms in total. The zero-order valence-electron chi connectivity index (χ0n) is 12.2. The van der Waals surface area contributed by atoms with Crippen LogP contribution in [-0.2, 0) is 0 Å². The molecule has 0 radical (unpaired) electrons. The molecule has 1 N–H and O–H groups in total. The lowest BCUT2D eigenvalue weighted by Crippen LogP contribution is -2.28. The Morgan fingerprint density at radius 3 is 2.91 bits per heavy atom. The summed E-state index contributed by atoms with van der Waals surface area (Å²) in [6.07, 6.45) is 5.80. The van der Waals surface area contributed by atoms with Crippen LogP contribution in [0.1, 0.15) is 29.5 Å². The SMILES string of the molecule is C1=CC2c3ccccc3NC(c3ccc4c(c3)OCO4)C2C1. The molecule has 5 rings (SSSR count). The number of para-hydroxylation sites is 1. The van der Waals surface area contributed by atoms with Gasteiger partial charge in [0.2, 0.25) is 6.79 Å². The third-order valence-corrected chi connectivity index (χ3v) is 5.03. The van der Waals surface area contributed by atoms with Crippen LogP contribution in [0.3, 0.4) is 0 Å². The molecule has 3 unspecified atom stereocenters. The average molecular weight is 291 g/mol. The Balaban J connectivity index is 1.58. The Labute approximate surface area is 129 Å². The number of nitrogens with one attached hydrogen (secondary N) is 1. The fourth-order valence-corrected chi connectivity index (χ4v) is 3.98. The van der Waals surface area contributed by atoms with Crippen LogP contribution >= 0.6 is 0 Å². The lowest BCUT2D eigenvalue weighted by molar-refractivity contribution is 0.174. The quantitative estimate of drug-likeness (QED) is 0.797. The minimum atomic E-state index is 0.310. The van der Waals surface area contributed by atoms with E-state index in [9.17, 15) is 0 Å². The molecule has 0 saturated heterocycles. The summed E-state index contributed by atoms with van der Waals surface area (Å²) in [5.41, 5.74) is 3.94. The van der Waals surface area contributed by atoms with Crippen molar-refractivity contribution < 1.29 is 9.47 Å². The predicted octanol–water partition coefficient (Wildman–Crippen LogP) is 4.24. The third-order valence-electron chi connectivity index (χ3n) is 5.03. The van der Waals surface area contributed by atoms with Crippen molar-refractivity contribution in [3.05, 3.63) is 65.7 Å². The first kappa shape index (κ1) is 12.2. The number of allylic oxidation sites excluding steroid dienone is 2. The van der Waals surface area contributed by atoms with Crippen LogP contribution in [0, 0.1) is 5.92 Å². The van der Waals surface area contributed by atoms with E-state index in [1.165, 1.54) is 16.8 Å². The zero-order valence-corrected chi connectivity index (χ0v) is 12.2. The molecule has 0 spiro atoms. The van der Waals surface area contributed by atoms with E-state index in [0.717, 1.165) is 17.9 Å². The summed E-state index contributed by atoms with van der Waals surface area (Å²) in [5, 5.41) is 3.74. The predicted molar refractivity (Wildman–Crippen MR) is 85.4 cm³/mol. The van der Waals surface area contributed by atoms with Crippen LogP contribution in [0.15, 0.2) is 54.6 Å². The molecule has 3 heteroatoms. The van der Waals surface area contributed by atoms with E-state index < -0.39 is 0 Å². The molecule has 2 aromatic carbocycles. The van der Waals surface area contributed by atoms with E-state index in [-0.39, 0.29) is 0 Å². The van der Waals surface area contributed by atoms with Crippen molar-refractivity contribution in [1.82, 2.24) is 0 Å². The standard InChI is InChI=1S/C19H17NO2/c1-2-7-16-14(4-1)13-5-3-6-15(13)19(20-16)12-8-9-17-18(10-12)22-11-21-17/h1-5,7-10,13,15,19-20H,6,11H2. The number of benzene rings is 2. The second-order valence-corrected chi connectivity index (χ2v) is 6.18. The number of ether oxygens (including phenoxy) is 2.